The third-order valence-electron chi connectivity index (χ3n) is 4.32. The summed E-state index contributed by atoms with van der Waals surface area (Å²) in [4.78, 5) is 16.3. The summed E-state index contributed by atoms with van der Waals surface area (Å²) in [5.74, 6) is 1.71. The zero-order valence-corrected chi connectivity index (χ0v) is 15.3. The maximum atomic E-state index is 12.8. The minimum absolute atomic E-state index is 0.0125. The van der Waals surface area contributed by atoms with Crippen LogP contribution in [0.1, 0.15) is 15.2 Å². The average molecular weight is 365 g/mol. The second kappa shape index (κ2) is 7.22. The van der Waals surface area contributed by atoms with Crippen LogP contribution in [0, 0.1) is 0 Å². The van der Waals surface area contributed by atoms with E-state index in [-0.39, 0.29) is 5.91 Å². The van der Waals surface area contributed by atoms with Gasteiger partial charge in [0.1, 0.15) is 24.7 Å². The van der Waals surface area contributed by atoms with Crippen LogP contribution in [0.25, 0.3) is 10.4 Å². The number of amides is 1. The van der Waals surface area contributed by atoms with E-state index in [0.717, 1.165) is 32.4 Å². The first-order chi connectivity index (χ1) is 12.7. The monoisotopic (exact) mass is 365 g/mol. The molecule has 2 heterocycles. The second-order valence-corrected chi connectivity index (χ2v) is 7.19. The van der Waals surface area contributed by atoms with E-state index in [1.807, 2.05) is 60.7 Å². The molecular formula is C21H19NO3S. The van der Waals surface area contributed by atoms with Gasteiger partial charge in [-0.3, -0.25) is 4.79 Å². The van der Waals surface area contributed by atoms with Crippen molar-refractivity contribution in [3.63, 3.8) is 0 Å². The minimum atomic E-state index is 0.0125. The van der Waals surface area contributed by atoms with E-state index in [1.54, 1.807) is 11.9 Å². The molecule has 4 rings (SSSR count). The fourth-order valence-electron chi connectivity index (χ4n) is 2.91. The Morgan fingerprint density at radius 2 is 1.92 bits per heavy atom. The van der Waals surface area contributed by atoms with Crippen molar-refractivity contribution in [2.45, 2.75) is 6.61 Å². The standard InChI is InChI=1S/C21H19NO3S/c1-22(11-12-24-16-7-3-2-4-8-16)21(23)19-13-15-14-25-18-10-6-5-9-17(18)20(15)26-19/h2-10,13H,11-12,14H2,1H3. The number of thiophene rings is 1. The topological polar surface area (TPSA) is 38.8 Å². The number of hydrogen-bond donors (Lipinski definition) is 0. The molecular weight excluding hydrogens is 346 g/mol. The number of carbonyl (C=O) groups excluding carboxylic acids is 1. The van der Waals surface area contributed by atoms with Gasteiger partial charge in [-0.05, 0) is 30.3 Å². The number of hydrogen-bond acceptors (Lipinski definition) is 4. The number of ether oxygens (including phenoxy) is 2. The molecule has 0 atom stereocenters. The van der Waals surface area contributed by atoms with Gasteiger partial charge < -0.3 is 14.4 Å². The third-order valence-corrected chi connectivity index (χ3v) is 5.52. The Morgan fingerprint density at radius 3 is 2.77 bits per heavy atom. The molecule has 132 valence electrons. The highest BCUT2D eigenvalue weighted by atomic mass is 32.1. The summed E-state index contributed by atoms with van der Waals surface area (Å²) < 4.78 is 11.5. The first kappa shape index (κ1) is 16.7. The molecule has 0 N–H and O–H groups in total. The summed E-state index contributed by atoms with van der Waals surface area (Å²) in [7, 11) is 1.81. The van der Waals surface area contributed by atoms with E-state index in [9.17, 15) is 4.79 Å². The number of benzene rings is 2. The highest BCUT2D eigenvalue weighted by Gasteiger charge is 2.23. The molecule has 0 spiro atoms. The highest BCUT2D eigenvalue weighted by Crippen LogP contribution is 2.42. The zero-order valence-electron chi connectivity index (χ0n) is 14.5. The molecule has 2 aromatic carbocycles. The molecule has 1 aliphatic rings. The summed E-state index contributed by atoms with van der Waals surface area (Å²) in [6.07, 6.45) is 0. The van der Waals surface area contributed by atoms with Gasteiger partial charge in [0.25, 0.3) is 5.91 Å². The zero-order chi connectivity index (χ0) is 17.9. The molecule has 1 aromatic heterocycles. The maximum Gasteiger partial charge on any atom is 0.263 e. The van der Waals surface area contributed by atoms with Crippen LogP contribution < -0.4 is 9.47 Å². The van der Waals surface area contributed by atoms with Crippen molar-refractivity contribution >= 4 is 17.2 Å². The van der Waals surface area contributed by atoms with Crippen molar-refractivity contribution in [2.75, 3.05) is 20.2 Å². The Bertz CT molecular complexity index is 920. The number of carbonyl (C=O) groups is 1. The van der Waals surface area contributed by atoms with Crippen molar-refractivity contribution in [2.24, 2.45) is 0 Å². The molecule has 0 bridgehead atoms. The van der Waals surface area contributed by atoms with Gasteiger partial charge in [-0.1, -0.05) is 30.3 Å². The average Bonchev–Trinajstić information content (AvgIpc) is 3.13. The Kier molecular flexibility index (Phi) is 4.63. The first-order valence-electron chi connectivity index (χ1n) is 8.50. The Balaban J connectivity index is 1.43. The summed E-state index contributed by atoms with van der Waals surface area (Å²) >= 11 is 1.53. The summed E-state index contributed by atoms with van der Waals surface area (Å²) in [5.41, 5.74) is 2.14. The number of fused-ring (bicyclic) bond motifs is 3. The molecule has 0 aliphatic carbocycles. The van der Waals surface area contributed by atoms with Crippen molar-refractivity contribution in [3.05, 3.63) is 71.1 Å². The molecule has 26 heavy (non-hydrogen) atoms. The van der Waals surface area contributed by atoms with Crippen LogP contribution in [0.5, 0.6) is 11.5 Å². The van der Waals surface area contributed by atoms with Crippen molar-refractivity contribution in [1.29, 1.82) is 0 Å². The van der Waals surface area contributed by atoms with Gasteiger partial charge in [-0.25, -0.2) is 0 Å². The van der Waals surface area contributed by atoms with Crippen LogP contribution in [0.3, 0.4) is 0 Å². The van der Waals surface area contributed by atoms with E-state index in [2.05, 4.69) is 0 Å². The number of likely N-dealkylation sites (N-methyl/N-ethyl adjacent to an activating group) is 1. The molecule has 3 aromatic rings. The van der Waals surface area contributed by atoms with Crippen LogP contribution in [0.2, 0.25) is 0 Å². The SMILES string of the molecule is CN(CCOc1ccccc1)C(=O)c1cc2c(s1)-c1ccccc1OC2. The van der Waals surface area contributed by atoms with E-state index in [1.165, 1.54) is 11.3 Å². The Hall–Kier alpha value is -2.79. The lowest BCUT2D eigenvalue weighted by atomic mass is 10.1. The van der Waals surface area contributed by atoms with Crippen molar-refractivity contribution in [3.8, 4) is 21.9 Å². The first-order valence-corrected chi connectivity index (χ1v) is 9.32. The normalized spacial score (nSPS) is 11.9. The molecule has 1 aliphatic heterocycles. The van der Waals surface area contributed by atoms with E-state index < -0.39 is 0 Å². The second-order valence-electron chi connectivity index (χ2n) is 6.14. The lowest BCUT2D eigenvalue weighted by Gasteiger charge is -2.16. The van der Waals surface area contributed by atoms with Crippen LogP contribution in [0.15, 0.2) is 60.7 Å². The van der Waals surface area contributed by atoms with Gasteiger partial charge in [0.05, 0.1) is 11.4 Å². The lowest BCUT2D eigenvalue weighted by Crippen LogP contribution is -2.30. The summed E-state index contributed by atoms with van der Waals surface area (Å²) in [6, 6.07) is 19.5. The predicted octanol–water partition coefficient (Wildman–Crippen LogP) is 4.46. The van der Waals surface area contributed by atoms with Crippen molar-refractivity contribution < 1.29 is 14.3 Å². The lowest BCUT2D eigenvalue weighted by molar-refractivity contribution is 0.0778. The molecule has 0 fully saturated rings. The summed E-state index contributed by atoms with van der Waals surface area (Å²) in [6.45, 7) is 1.50. The van der Waals surface area contributed by atoms with Gasteiger partial charge in [0, 0.05) is 23.1 Å². The minimum Gasteiger partial charge on any atom is -0.492 e. The highest BCUT2D eigenvalue weighted by molar-refractivity contribution is 7.17. The van der Waals surface area contributed by atoms with Crippen molar-refractivity contribution in [1.82, 2.24) is 4.90 Å². The van der Waals surface area contributed by atoms with Crippen LogP contribution in [-0.4, -0.2) is 31.0 Å². The largest absolute Gasteiger partial charge is 0.492 e. The quantitative estimate of drug-likeness (QED) is 0.670. The summed E-state index contributed by atoms with van der Waals surface area (Å²) in [5, 5.41) is 0. The fraction of sp³-hybridized carbons (Fsp3) is 0.190. The fourth-order valence-corrected chi connectivity index (χ4v) is 4.10. The van der Waals surface area contributed by atoms with Gasteiger partial charge in [-0.15, -0.1) is 11.3 Å². The Labute approximate surface area is 156 Å². The predicted molar refractivity (Wildman–Crippen MR) is 103 cm³/mol. The number of rotatable bonds is 5. The molecule has 4 nitrogen and oxygen atoms in total. The molecule has 0 unspecified atom stereocenters. The number of nitrogens with zero attached hydrogens (tertiary/aromatic N) is 1. The smallest absolute Gasteiger partial charge is 0.263 e. The van der Waals surface area contributed by atoms with Gasteiger partial charge in [0.15, 0.2) is 0 Å². The van der Waals surface area contributed by atoms with Gasteiger partial charge in [-0.2, -0.15) is 0 Å². The molecule has 0 saturated heterocycles. The maximum absolute atomic E-state index is 12.8. The van der Waals surface area contributed by atoms with Crippen LogP contribution >= 0.6 is 11.3 Å². The van der Waals surface area contributed by atoms with E-state index >= 15 is 0 Å². The molecule has 5 heteroatoms. The van der Waals surface area contributed by atoms with E-state index in [0.29, 0.717) is 19.8 Å². The van der Waals surface area contributed by atoms with E-state index in [4.69, 9.17) is 9.47 Å². The Morgan fingerprint density at radius 1 is 1.15 bits per heavy atom. The third kappa shape index (κ3) is 3.30. The van der Waals surface area contributed by atoms with Gasteiger partial charge in [0.2, 0.25) is 0 Å². The molecule has 0 radical (unpaired) electrons. The van der Waals surface area contributed by atoms with Crippen LogP contribution in [0.4, 0.5) is 0 Å². The molecule has 0 saturated carbocycles. The molecule has 1 amide bonds. The van der Waals surface area contributed by atoms with Gasteiger partial charge >= 0.3 is 0 Å². The number of para-hydroxylation sites is 2. The van der Waals surface area contributed by atoms with Crippen LogP contribution in [-0.2, 0) is 6.61 Å².